The van der Waals surface area contributed by atoms with Gasteiger partial charge in [-0.15, -0.1) is 11.3 Å². The van der Waals surface area contributed by atoms with Crippen LogP contribution in [0, 0.1) is 11.7 Å². The lowest BCUT2D eigenvalue weighted by atomic mass is 9.98. The van der Waals surface area contributed by atoms with Crippen LogP contribution >= 0.6 is 11.3 Å². The van der Waals surface area contributed by atoms with E-state index in [-0.39, 0.29) is 18.3 Å². The summed E-state index contributed by atoms with van der Waals surface area (Å²) in [6.07, 6.45) is 3.16. The number of aliphatic hydroxyl groups is 1. The van der Waals surface area contributed by atoms with Gasteiger partial charge in [-0.3, -0.25) is 4.79 Å². The third-order valence-corrected chi connectivity index (χ3v) is 5.00. The first kappa shape index (κ1) is 15.1. The van der Waals surface area contributed by atoms with Crippen LogP contribution in [0.4, 0.5) is 4.39 Å². The Morgan fingerprint density at radius 1 is 1.36 bits per heavy atom. The Hall–Kier alpha value is -1.79. The fraction of sp³-hybridized carbons (Fsp3) is 0.375. The van der Waals surface area contributed by atoms with Crippen molar-refractivity contribution in [1.29, 1.82) is 0 Å². The molecule has 2 heterocycles. The van der Waals surface area contributed by atoms with Crippen LogP contribution in [0.1, 0.15) is 22.5 Å². The number of likely N-dealkylation sites (tertiary alicyclic amines) is 1. The second-order valence-corrected chi connectivity index (χ2v) is 6.46. The monoisotopic (exact) mass is 320 g/mol. The van der Waals surface area contributed by atoms with E-state index in [4.69, 9.17) is 5.11 Å². The Morgan fingerprint density at radius 2 is 2.09 bits per heavy atom. The summed E-state index contributed by atoms with van der Waals surface area (Å²) in [5.41, 5.74) is 0.422. The predicted molar refractivity (Wildman–Crippen MR) is 83.2 cm³/mol. The molecule has 1 amide bonds. The number of thiazole rings is 1. The van der Waals surface area contributed by atoms with Gasteiger partial charge in [0.2, 0.25) is 0 Å². The van der Waals surface area contributed by atoms with Gasteiger partial charge in [-0.25, -0.2) is 9.37 Å². The second-order valence-electron chi connectivity index (χ2n) is 5.43. The quantitative estimate of drug-likeness (QED) is 0.946. The van der Waals surface area contributed by atoms with Gasteiger partial charge in [0, 0.05) is 25.3 Å². The average Bonchev–Trinajstić information content (AvgIpc) is 3.04. The van der Waals surface area contributed by atoms with Gasteiger partial charge in [-0.1, -0.05) is 12.1 Å². The number of rotatable bonds is 3. The molecule has 2 aromatic rings. The van der Waals surface area contributed by atoms with E-state index in [2.05, 4.69) is 4.98 Å². The van der Waals surface area contributed by atoms with E-state index in [1.165, 1.54) is 23.6 Å². The molecule has 1 aromatic carbocycles. The summed E-state index contributed by atoms with van der Waals surface area (Å²) < 4.78 is 13.8. The Labute approximate surface area is 132 Å². The van der Waals surface area contributed by atoms with Gasteiger partial charge >= 0.3 is 0 Å². The van der Waals surface area contributed by atoms with Gasteiger partial charge in [0.1, 0.15) is 15.7 Å². The molecule has 1 aromatic heterocycles. The van der Waals surface area contributed by atoms with E-state index in [1.807, 2.05) is 0 Å². The number of hydrogen-bond acceptors (Lipinski definition) is 4. The maximum atomic E-state index is 13.8. The molecule has 0 spiro atoms. The summed E-state index contributed by atoms with van der Waals surface area (Å²) in [6.45, 7) is 1.48. The summed E-state index contributed by atoms with van der Waals surface area (Å²) in [5, 5.41) is 9.66. The van der Waals surface area contributed by atoms with Crippen molar-refractivity contribution in [2.24, 2.45) is 5.92 Å². The Balaban J connectivity index is 1.74. The molecule has 1 aliphatic rings. The number of benzene rings is 1. The molecule has 0 atom stereocenters. The van der Waals surface area contributed by atoms with Crippen molar-refractivity contribution in [3.05, 3.63) is 41.2 Å². The zero-order valence-corrected chi connectivity index (χ0v) is 12.9. The normalized spacial score (nSPS) is 16.0. The number of carbonyl (C=O) groups is 1. The van der Waals surface area contributed by atoms with Crippen LogP contribution in [-0.2, 0) is 0 Å². The SMILES string of the molecule is O=C(c1cnc(-c2ccccc2F)s1)N1CCC(CO)CC1. The minimum atomic E-state index is -0.334. The summed E-state index contributed by atoms with van der Waals surface area (Å²) in [4.78, 5) is 19.0. The minimum absolute atomic E-state index is 0.0588. The molecule has 1 saturated heterocycles. The zero-order valence-electron chi connectivity index (χ0n) is 12.0. The van der Waals surface area contributed by atoms with E-state index in [0.717, 1.165) is 12.8 Å². The van der Waals surface area contributed by atoms with Crippen LogP contribution in [0.25, 0.3) is 10.6 Å². The second kappa shape index (κ2) is 6.54. The highest BCUT2D eigenvalue weighted by molar-refractivity contribution is 7.16. The summed E-state index contributed by atoms with van der Waals surface area (Å²) in [7, 11) is 0. The topological polar surface area (TPSA) is 53.4 Å². The molecule has 116 valence electrons. The van der Waals surface area contributed by atoms with Crippen LogP contribution in [0.3, 0.4) is 0 Å². The van der Waals surface area contributed by atoms with Crippen molar-refractivity contribution >= 4 is 17.2 Å². The number of aromatic nitrogens is 1. The standard InChI is InChI=1S/C16H17FN2O2S/c17-13-4-2-1-3-12(13)15-18-9-14(22-15)16(21)19-7-5-11(10-20)6-8-19/h1-4,9,11,20H,5-8,10H2. The van der Waals surface area contributed by atoms with Crippen molar-refractivity contribution in [2.75, 3.05) is 19.7 Å². The third kappa shape index (κ3) is 3.03. The van der Waals surface area contributed by atoms with E-state index < -0.39 is 0 Å². The molecule has 0 radical (unpaired) electrons. The lowest BCUT2D eigenvalue weighted by Gasteiger charge is -2.30. The van der Waals surface area contributed by atoms with Crippen molar-refractivity contribution in [3.63, 3.8) is 0 Å². The predicted octanol–water partition coefficient (Wildman–Crippen LogP) is 2.79. The highest BCUT2D eigenvalue weighted by atomic mass is 32.1. The number of halogens is 1. The number of piperidine rings is 1. The summed E-state index contributed by atoms with van der Waals surface area (Å²) >= 11 is 1.22. The smallest absolute Gasteiger partial charge is 0.265 e. The maximum Gasteiger partial charge on any atom is 0.265 e. The zero-order chi connectivity index (χ0) is 15.5. The minimum Gasteiger partial charge on any atom is -0.396 e. The first-order chi connectivity index (χ1) is 10.7. The number of aliphatic hydroxyl groups excluding tert-OH is 1. The molecule has 1 fully saturated rings. The van der Waals surface area contributed by atoms with Gasteiger partial charge < -0.3 is 10.0 Å². The molecule has 0 saturated carbocycles. The highest BCUT2D eigenvalue weighted by Crippen LogP contribution is 2.28. The lowest BCUT2D eigenvalue weighted by Crippen LogP contribution is -2.38. The molecule has 0 bridgehead atoms. The Morgan fingerprint density at radius 3 is 2.77 bits per heavy atom. The first-order valence-corrected chi connectivity index (χ1v) is 8.11. The summed E-state index contributed by atoms with van der Waals surface area (Å²) in [6, 6.07) is 6.43. The molecule has 1 N–H and O–H groups in total. The van der Waals surface area contributed by atoms with E-state index in [0.29, 0.717) is 34.5 Å². The molecule has 1 aliphatic heterocycles. The molecule has 4 nitrogen and oxygen atoms in total. The number of hydrogen-bond donors (Lipinski definition) is 1. The van der Waals surface area contributed by atoms with Crippen molar-refractivity contribution in [1.82, 2.24) is 9.88 Å². The van der Waals surface area contributed by atoms with Crippen LogP contribution in [0.15, 0.2) is 30.5 Å². The van der Waals surface area contributed by atoms with Crippen molar-refractivity contribution in [3.8, 4) is 10.6 Å². The fourth-order valence-electron chi connectivity index (χ4n) is 2.61. The number of amides is 1. The first-order valence-electron chi connectivity index (χ1n) is 7.30. The molecule has 22 heavy (non-hydrogen) atoms. The molecule has 3 rings (SSSR count). The Kier molecular flexibility index (Phi) is 4.49. The van der Waals surface area contributed by atoms with Crippen LogP contribution < -0.4 is 0 Å². The van der Waals surface area contributed by atoms with Crippen LogP contribution in [0.5, 0.6) is 0 Å². The molecule has 6 heteroatoms. The molecular weight excluding hydrogens is 303 g/mol. The van der Waals surface area contributed by atoms with Crippen molar-refractivity contribution < 1.29 is 14.3 Å². The average molecular weight is 320 g/mol. The van der Waals surface area contributed by atoms with Gasteiger partial charge in [0.05, 0.1) is 6.20 Å². The largest absolute Gasteiger partial charge is 0.396 e. The Bertz CT molecular complexity index is 666. The lowest BCUT2D eigenvalue weighted by molar-refractivity contribution is 0.0655. The molecule has 0 unspecified atom stereocenters. The molecular formula is C16H17FN2O2S. The number of nitrogens with zero attached hydrogens (tertiary/aromatic N) is 2. The van der Waals surface area contributed by atoms with Gasteiger partial charge in [-0.05, 0) is 30.9 Å². The summed E-state index contributed by atoms with van der Waals surface area (Å²) in [5.74, 6) is -0.101. The van der Waals surface area contributed by atoms with E-state index >= 15 is 0 Å². The fourth-order valence-corrected chi connectivity index (χ4v) is 3.52. The van der Waals surface area contributed by atoms with Gasteiger partial charge in [0.15, 0.2) is 0 Å². The maximum absolute atomic E-state index is 13.8. The van der Waals surface area contributed by atoms with E-state index in [1.54, 1.807) is 23.1 Å². The molecule has 0 aliphatic carbocycles. The highest BCUT2D eigenvalue weighted by Gasteiger charge is 2.24. The number of carbonyl (C=O) groups excluding carboxylic acids is 1. The van der Waals surface area contributed by atoms with Gasteiger partial charge in [0.25, 0.3) is 5.91 Å². The van der Waals surface area contributed by atoms with Crippen LogP contribution in [-0.4, -0.2) is 40.6 Å². The van der Waals surface area contributed by atoms with Crippen molar-refractivity contribution in [2.45, 2.75) is 12.8 Å². The third-order valence-electron chi connectivity index (χ3n) is 3.98. The van der Waals surface area contributed by atoms with E-state index in [9.17, 15) is 9.18 Å². The van der Waals surface area contributed by atoms with Gasteiger partial charge in [-0.2, -0.15) is 0 Å². The van der Waals surface area contributed by atoms with Crippen LogP contribution in [0.2, 0.25) is 0 Å².